The van der Waals surface area contributed by atoms with Crippen LogP contribution < -0.4 is 4.74 Å². The minimum Gasteiger partial charge on any atom is -0.494 e. The lowest BCUT2D eigenvalue weighted by Gasteiger charge is -2.28. The second kappa shape index (κ2) is 11.3. The van der Waals surface area contributed by atoms with E-state index in [9.17, 15) is 8.78 Å². The van der Waals surface area contributed by atoms with Gasteiger partial charge < -0.3 is 4.74 Å². The maximum absolute atomic E-state index is 12.8. The zero-order valence-corrected chi connectivity index (χ0v) is 17.6. The fourth-order valence-electron chi connectivity index (χ4n) is 4.29. The van der Waals surface area contributed by atoms with Gasteiger partial charge in [0.2, 0.25) is 6.43 Å². The molecule has 158 valence electrons. The fourth-order valence-corrected chi connectivity index (χ4v) is 4.29. The fraction of sp³-hybridized carbons (Fsp3) is 0.538. The molecule has 0 aromatic heterocycles. The normalized spacial score (nSPS) is 19.4. The Labute approximate surface area is 174 Å². The topological polar surface area (TPSA) is 9.23 Å². The number of ether oxygens (including phenoxy) is 1. The second-order valence-corrected chi connectivity index (χ2v) is 8.36. The number of benzene rings is 2. The Balaban J connectivity index is 1.48. The molecule has 2 aromatic carbocycles. The molecule has 29 heavy (non-hydrogen) atoms. The third-order valence-corrected chi connectivity index (χ3v) is 6.21. The summed E-state index contributed by atoms with van der Waals surface area (Å²) in [5.74, 6) is 0.950. The Bertz CT molecular complexity index is 700. The van der Waals surface area contributed by atoms with E-state index in [1.807, 2.05) is 12.1 Å². The molecular weight excluding hydrogens is 366 g/mol. The number of rotatable bonds is 10. The van der Waals surface area contributed by atoms with Gasteiger partial charge in [0, 0.05) is 5.92 Å². The van der Waals surface area contributed by atoms with Crippen LogP contribution in [0.1, 0.15) is 76.2 Å². The summed E-state index contributed by atoms with van der Waals surface area (Å²) in [5.41, 5.74) is 3.64. The highest BCUT2D eigenvalue weighted by molar-refractivity contribution is 5.64. The molecular formula is C26H34F2O. The van der Waals surface area contributed by atoms with E-state index >= 15 is 0 Å². The van der Waals surface area contributed by atoms with Crippen LogP contribution in [0.15, 0.2) is 48.5 Å². The third-order valence-electron chi connectivity index (χ3n) is 6.21. The van der Waals surface area contributed by atoms with Crippen LogP contribution in [-0.2, 0) is 0 Å². The highest BCUT2D eigenvalue weighted by Gasteiger charge is 2.27. The lowest BCUT2D eigenvalue weighted by atomic mass is 9.78. The average molecular weight is 401 g/mol. The van der Waals surface area contributed by atoms with E-state index in [0.717, 1.165) is 31.6 Å². The van der Waals surface area contributed by atoms with Gasteiger partial charge in [-0.3, -0.25) is 0 Å². The van der Waals surface area contributed by atoms with Crippen LogP contribution in [0, 0.1) is 5.92 Å². The molecule has 0 aliphatic heterocycles. The van der Waals surface area contributed by atoms with Crippen LogP contribution in [0.4, 0.5) is 8.78 Å². The second-order valence-electron chi connectivity index (χ2n) is 8.36. The molecule has 0 atom stereocenters. The van der Waals surface area contributed by atoms with Gasteiger partial charge in [-0.05, 0) is 66.8 Å². The summed E-state index contributed by atoms with van der Waals surface area (Å²) in [6.07, 6.45) is 7.10. The summed E-state index contributed by atoms with van der Waals surface area (Å²) in [4.78, 5) is 0. The van der Waals surface area contributed by atoms with E-state index < -0.39 is 12.3 Å². The van der Waals surface area contributed by atoms with Crippen LogP contribution in [0.25, 0.3) is 11.1 Å². The quantitative estimate of drug-likeness (QED) is 0.365. The molecule has 1 fully saturated rings. The molecule has 1 aliphatic carbocycles. The predicted octanol–water partition coefficient (Wildman–Crippen LogP) is 8.24. The third kappa shape index (κ3) is 6.55. The molecule has 0 heterocycles. The summed E-state index contributed by atoms with van der Waals surface area (Å²) in [7, 11) is 0. The SMILES string of the molecule is CCCCCCCOc1ccc(-c2ccc([C@H]3CC[C@H](C(F)F)CC3)cc2)cc1. The number of hydrogen-bond acceptors (Lipinski definition) is 1. The van der Waals surface area contributed by atoms with Gasteiger partial charge in [-0.25, -0.2) is 8.78 Å². The number of hydrogen-bond donors (Lipinski definition) is 0. The zero-order chi connectivity index (χ0) is 20.5. The molecule has 0 N–H and O–H groups in total. The van der Waals surface area contributed by atoms with Gasteiger partial charge in [-0.15, -0.1) is 0 Å². The van der Waals surface area contributed by atoms with Crippen molar-refractivity contribution >= 4 is 0 Å². The molecule has 1 saturated carbocycles. The first kappa shape index (κ1) is 21.8. The lowest BCUT2D eigenvalue weighted by molar-refractivity contribution is 0.0528. The lowest BCUT2D eigenvalue weighted by Crippen LogP contribution is -2.19. The van der Waals surface area contributed by atoms with Crippen molar-refractivity contribution in [2.75, 3.05) is 6.61 Å². The molecule has 0 radical (unpaired) electrons. The summed E-state index contributed by atoms with van der Waals surface area (Å²) < 4.78 is 31.5. The molecule has 0 unspecified atom stereocenters. The Morgan fingerprint density at radius 1 is 0.793 bits per heavy atom. The zero-order valence-electron chi connectivity index (χ0n) is 17.6. The Hall–Kier alpha value is -1.90. The standard InChI is InChI=1S/C26H34F2O/c1-2-3-4-5-6-19-29-25-17-15-23(16-18-25)21-9-7-20(8-10-21)22-11-13-24(14-12-22)26(27)28/h7-10,15-18,22,24,26H,2-6,11-14,19H2,1H3/t22-,24-. The maximum atomic E-state index is 12.8. The van der Waals surface area contributed by atoms with E-state index in [0.29, 0.717) is 18.8 Å². The number of unbranched alkanes of at least 4 members (excludes halogenated alkanes) is 4. The van der Waals surface area contributed by atoms with E-state index in [1.165, 1.54) is 42.4 Å². The molecule has 2 aromatic rings. The van der Waals surface area contributed by atoms with Crippen molar-refractivity contribution in [1.29, 1.82) is 0 Å². The van der Waals surface area contributed by atoms with Crippen molar-refractivity contribution in [2.24, 2.45) is 5.92 Å². The van der Waals surface area contributed by atoms with Gasteiger partial charge in [0.1, 0.15) is 5.75 Å². The number of alkyl halides is 2. The summed E-state index contributed by atoms with van der Waals surface area (Å²) >= 11 is 0. The summed E-state index contributed by atoms with van der Waals surface area (Å²) in [6, 6.07) is 16.9. The van der Waals surface area contributed by atoms with Gasteiger partial charge in [0.05, 0.1) is 6.61 Å². The molecule has 3 rings (SSSR count). The van der Waals surface area contributed by atoms with Crippen molar-refractivity contribution in [1.82, 2.24) is 0 Å². The predicted molar refractivity (Wildman–Crippen MR) is 117 cm³/mol. The first-order valence-corrected chi connectivity index (χ1v) is 11.3. The minimum atomic E-state index is -2.16. The smallest absolute Gasteiger partial charge is 0.241 e. The molecule has 0 saturated heterocycles. The largest absolute Gasteiger partial charge is 0.494 e. The molecule has 1 nitrogen and oxygen atoms in total. The van der Waals surface area contributed by atoms with Crippen LogP contribution in [-0.4, -0.2) is 13.0 Å². The van der Waals surface area contributed by atoms with Gasteiger partial charge in [-0.1, -0.05) is 69.0 Å². The van der Waals surface area contributed by atoms with Crippen molar-refractivity contribution in [2.45, 2.75) is 77.1 Å². The van der Waals surface area contributed by atoms with Crippen molar-refractivity contribution in [3.63, 3.8) is 0 Å². The first-order valence-electron chi connectivity index (χ1n) is 11.3. The van der Waals surface area contributed by atoms with Gasteiger partial charge in [-0.2, -0.15) is 0 Å². The molecule has 3 heteroatoms. The minimum absolute atomic E-state index is 0.400. The summed E-state index contributed by atoms with van der Waals surface area (Å²) in [5, 5.41) is 0. The monoisotopic (exact) mass is 400 g/mol. The Morgan fingerprint density at radius 2 is 1.38 bits per heavy atom. The average Bonchev–Trinajstić information content (AvgIpc) is 2.77. The van der Waals surface area contributed by atoms with E-state index in [2.05, 4.69) is 43.3 Å². The highest BCUT2D eigenvalue weighted by Crippen LogP contribution is 2.38. The van der Waals surface area contributed by atoms with Crippen molar-refractivity contribution in [3.05, 3.63) is 54.1 Å². The van der Waals surface area contributed by atoms with Crippen LogP contribution >= 0.6 is 0 Å². The van der Waals surface area contributed by atoms with Crippen LogP contribution in [0.3, 0.4) is 0 Å². The van der Waals surface area contributed by atoms with Crippen molar-refractivity contribution < 1.29 is 13.5 Å². The van der Waals surface area contributed by atoms with E-state index in [1.54, 1.807) is 0 Å². The highest BCUT2D eigenvalue weighted by atomic mass is 19.3. The molecule has 0 spiro atoms. The van der Waals surface area contributed by atoms with Crippen molar-refractivity contribution in [3.8, 4) is 16.9 Å². The summed E-state index contributed by atoms with van der Waals surface area (Å²) in [6.45, 7) is 3.01. The van der Waals surface area contributed by atoms with Gasteiger partial charge >= 0.3 is 0 Å². The maximum Gasteiger partial charge on any atom is 0.241 e. The Morgan fingerprint density at radius 3 is 1.97 bits per heavy atom. The molecule has 0 bridgehead atoms. The van der Waals surface area contributed by atoms with Crippen LogP contribution in [0.2, 0.25) is 0 Å². The first-order chi connectivity index (χ1) is 14.2. The Kier molecular flexibility index (Phi) is 8.52. The van der Waals surface area contributed by atoms with Gasteiger partial charge in [0.25, 0.3) is 0 Å². The van der Waals surface area contributed by atoms with E-state index in [-0.39, 0.29) is 0 Å². The van der Waals surface area contributed by atoms with Crippen LogP contribution in [0.5, 0.6) is 5.75 Å². The van der Waals surface area contributed by atoms with E-state index in [4.69, 9.17) is 4.74 Å². The number of halogens is 2. The van der Waals surface area contributed by atoms with Gasteiger partial charge in [0.15, 0.2) is 0 Å². The molecule has 1 aliphatic rings. The molecule has 0 amide bonds.